The van der Waals surface area contributed by atoms with Crippen LogP contribution in [0.3, 0.4) is 0 Å². The van der Waals surface area contributed by atoms with E-state index in [4.69, 9.17) is 11.6 Å². The summed E-state index contributed by atoms with van der Waals surface area (Å²) in [7, 11) is 0. The maximum Gasteiger partial charge on any atom is 0.263 e. The van der Waals surface area contributed by atoms with Gasteiger partial charge in [0.1, 0.15) is 5.56 Å². The molecule has 1 heterocycles. The number of fused-ring (bicyclic) bond motifs is 1. The molecule has 0 bridgehead atoms. The van der Waals surface area contributed by atoms with Crippen molar-refractivity contribution in [3.05, 3.63) is 46.2 Å². The second kappa shape index (κ2) is 4.34. The van der Waals surface area contributed by atoms with Gasteiger partial charge in [0.25, 0.3) is 10.8 Å². The lowest BCUT2D eigenvalue weighted by atomic mass is 10.1. The van der Waals surface area contributed by atoms with Crippen LogP contribution in [0.2, 0.25) is 0 Å². The number of halogens is 1. The lowest BCUT2D eigenvalue weighted by Crippen LogP contribution is -2.26. The van der Waals surface area contributed by atoms with Crippen LogP contribution in [0.5, 0.6) is 0 Å². The van der Waals surface area contributed by atoms with Gasteiger partial charge in [-0.1, -0.05) is 18.2 Å². The molecule has 2 aromatic rings. The van der Waals surface area contributed by atoms with Gasteiger partial charge in [-0.05, 0) is 43.0 Å². The van der Waals surface area contributed by atoms with Crippen LogP contribution >= 0.6 is 11.6 Å². The molecule has 0 spiro atoms. The predicted octanol–water partition coefficient (Wildman–Crippen LogP) is 2.96. The number of benzene rings is 1. The Balaban J connectivity index is 2.96. The van der Waals surface area contributed by atoms with Crippen molar-refractivity contribution in [2.45, 2.75) is 19.9 Å². The zero-order chi connectivity index (χ0) is 12.6. The molecule has 0 aliphatic rings. The summed E-state index contributed by atoms with van der Waals surface area (Å²) in [5.41, 5.74) is 0.506. The number of aromatic nitrogens is 1. The number of carbonyl (C=O) groups excluding carboxylic acids is 1. The SMILES string of the molecule is CC(C)n1c(=O)c(C(=O)Cl)cc2ccccc21. The molecular weight excluding hydrogens is 238 g/mol. The lowest BCUT2D eigenvalue weighted by Gasteiger charge is -2.14. The quantitative estimate of drug-likeness (QED) is 0.768. The van der Waals surface area contributed by atoms with Gasteiger partial charge in [-0.15, -0.1) is 0 Å². The Bertz CT molecular complexity index is 643. The highest BCUT2D eigenvalue weighted by Gasteiger charge is 2.14. The summed E-state index contributed by atoms with van der Waals surface area (Å²) in [6.07, 6.45) is 0. The van der Waals surface area contributed by atoms with Gasteiger partial charge in [-0.3, -0.25) is 9.59 Å². The lowest BCUT2D eigenvalue weighted by molar-refractivity contribution is 0.107. The average Bonchev–Trinajstić information content (AvgIpc) is 2.27. The van der Waals surface area contributed by atoms with E-state index in [1.54, 1.807) is 10.6 Å². The minimum atomic E-state index is -0.713. The highest BCUT2D eigenvalue weighted by atomic mass is 35.5. The molecule has 88 valence electrons. The third-order valence-corrected chi connectivity index (χ3v) is 2.88. The summed E-state index contributed by atoms with van der Waals surface area (Å²) in [6.45, 7) is 3.80. The normalized spacial score (nSPS) is 11.1. The Morgan fingerprint density at radius 2 is 1.94 bits per heavy atom. The maximum atomic E-state index is 12.1. The summed E-state index contributed by atoms with van der Waals surface area (Å²) in [5.74, 6) is 0. The number of para-hydroxylation sites is 1. The fraction of sp³-hybridized carbons (Fsp3) is 0.231. The van der Waals surface area contributed by atoms with Crippen molar-refractivity contribution in [1.82, 2.24) is 4.57 Å². The van der Waals surface area contributed by atoms with E-state index in [0.29, 0.717) is 0 Å². The van der Waals surface area contributed by atoms with Gasteiger partial charge in [0.2, 0.25) is 0 Å². The summed E-state index contributed by atoms with van der Waals surface area (Å²) >= 11 is 5.43. The van der Waals surface area contributed by atoms with E-state index < -0.39 is 5.24 Å². The Morgan fingerprint density at radius 3 is 2.53 bits per heavy atom. The molecule has 0 unspecified atom stereocenters. The van der Waals surface area contributed by atoms with Crippen molar-refractivity contribution in [2.75, 3.05) is 0 Å². The van der Waals surface area contributed by atoms with Crippen LogP contribution in [0.4, 0.5) is 0 Å². The van der Waals surface area contributed by atoms with Crippen molar-refractivity contribution >= 4 is 27.7 Å². The summed E-state index contributed by atoms with van der Waals surface area (Å²) in [4.78, 5) is 23.4. The molecule has 2 rings (SSSR count). The van der Waals surface area contributed by atoms with Crippen molar-refractivity contribution in [2.24, 2.45) is 0 Å². The van der Waals surface area contributed by atoms with E-state index in [2.05, 4.69) is 0 Å². The molecule has 0 radical (unpaired) electrons. The monoisotopic (exact) mass is 249 g/mol. The van der Waals surface area contributed by atoms with E-state index in [0.717, 1.165) is 10.9 Å². The van der Waals surface area contributed by atoms with Gasteiger partial charge in [0, 0.05) is 6.04 Å². The Kier molecular flexibility index (Phi) is 3.03. The molecule has 17 heavy (non-hydrogen) atoms. The van der Waals surface area contributed by atoms with E-state index in [9.17, 15) is 9.59 Å². The van der Waals surface area contributed by atoms with E-state index >= 15 is 0 Å². The van der Waals surface area contributed by atoms with Gasteiger partial charge < -0.3 is 4.57 Å². The topological polar surface area (TPSA) is 39.1 Å². The third kappa shape index (κ3) is 1.98. The maximum absolute atomic E-state index is 12.1. The van der Waals surface area contributed by atoms with Crippen LogP contribution in [-0.2, 0) is 0 Å². The zero-order valence-corrected chi connectivity index (χ0v) is 10.4. The van der Waals surface area contributed by atoms with Crippen molar-refractivity contribution in [3.63, 3.8) is 0 Å². The van der Waals surface area contributed by atoms with E-state index in [1.807, 2.05) is 38.1 Å². The average molecular weight is 250 g/mol. The summed E-state index contributed by atoms with van der Waals surface area (Å²) in [6, 6.07) is 8.97. The highest BCUT2D eigenvalue weighted by molar-refractivity contribution is 6.67. The van der Waals surface area contributed by atoms with Crippen molar-refractivity contribution in [1.29, 1.82) is 0 Å². The first-order chi connectivity index (χ1) is 8.02. The molecule has 3 nitrogen and oxygen atoms in total. The first-order valence-corrected chi connectivity index (χ1v) is 5.74. The molecule has 0 aliphatic carbocycles. The Labute approximate surface area is 104 Å². The fourth-order valence-corrected chi connectivity index (χ4v) is 2.07. The van der Waals surface area contributed by atoms with E-state index in [-0.39, 0.29) is 17.2 Å². The fourth-order valence-electron chi connectivity index (χ4n) is 1.94. The van der Waals surface area contributed by atoms with Gasteiger partial charge in [-0.2, -0.15) is 0 Å². The van der Waals surface area contributed by atoms with Crippen molar-refractivity contribution < 1.29 is 4.79 Å². The second-order valence-electron chi connectivity index (χ2n) is 4.16. The van der Waals surface area contributed by atoms with Crippen LogP contribution < -0.4 is 5.56 Å². The smallest absolute Gasteiger partial charge is 0.263 e. The molecule has 4 heteroatoms. The number of pyridine rings is 1. The molecule has 0 saturated carbocycles. The zero-order valence-electron chi connectivity index (χ0n) is 9.61. The first kappa shape index (κ1) is 11.9. The van der Waals surface area contributed by atoms with Crippen LogP contribution in [0, 0.1) is 0 Å². The second-order valence-corrected chi connectivity index (χ2v) is 4.50. The molecule has 0 amide bonds. The molecule has 0 atom stereocenters. The number of hydrogen-bond donors (Lipinski definition) is 0. The molecule has 0 fully saturated rings. The number of hydrogen-bond acceptors (Lipinski definition) is 2. The van der Waals surface area contributed by atoms with Gasteiger partial charge in [-0.25, -0.2) is 0 Å². The predicted molar refractivity (Wildman–Crippen MR) is 68.8 cm³/mol. The summed E-state index contributed by atoms with van der Waals surface area (Å²) < 4.78 is 1.59. The molecule has 0 saturated heterocycles. The molecule has 1 aromatic heterocycles. The molecule has 1 aromatic carbocycles. The van der Waals surface area contributed by atoms with Gasteiger partial charge in [0.05, 0.1) is 5.52 Å². The van der Waals surface area contributed by atoms with Crippen LogP contribution in [0.1, 0.15) is 30.2 Å². The molecule has 0 aliphatic heterocycles. The van der Waals surface area contributed by atoms with Gasteiger partial charge in [0.15, 0.2) is 0 Å². The van der Waals surface area contributed by atoms with Crippen LogP contribution in [0.15, 0.2) is 35.1 Å². The van der Waals surface area contributed by atoms with Crippen LogP contribution in [0.25, 0.3) is 10.9 Å². The van der Waals surface area contributed by atoms with E-state index in [1.165, 1.54) is 0 Å². The third-order valence-electron chi connectivity index (χ3n) is 2.67. The number of rotatable bonds is 2. The largest absolute Gasteiger partial charge is 0.305 e. The molecule has 0 N–H and O–H groups in total. The number of carbonyl (C=O) groups is 1. The summed E-state index contributed by atoms with van der Waals surface area (Å²) in [5, 5.41) is 0.125. The van der Waals surface area contributed by atoms with Crippen molar-refractivity contribution in [3.8, 4) is 0 Å². The first-order valence-electron chi connectivity index (χ1n) is 5.36. The minimum absolute atomic E-state index is 0.0247. The van der Waals surface area contributed by atoms with Gasteiger partial charge >= 0.3 is 0 Å². The highest BCUT2D eigenvalue weighted by Crippen LogP contribution is 2.17. The molecular formula is C13H12ClNO2. The Morgan fingerprint density at radius 1 is 1.29 bits per heavy atom. The Hall–Kier alpha value is -1.61. The standard InChI is InChI=1S/C13H12ClNO2/c1-8(2)15-11-6-4-3-5-9(11)7-10(12(14)16)13(15)17/h3-8H,1-2H3. The number of nitrogens with zero attached hydrogens (tertiary/aromatic N) is 1. The van der Waals surface area contributed by atoms with Crippen LogP contribution in [-0.4, -0.2) is 9.81 Å². The minimum Gasteiger partial charge on any atom is -0.305 e.